The van der Waals surface area contributed by atoms with Gasteiger partial charge in [-0.2, -0.15) is 5.26 Å². The topological polar surface area (TPSA) is 64.3 Å². The number of benzene rings is 2. The van der Waals surface area contributed by atoms with Crippen molar-refractivity contribution in [3.63, 3.8) is 0 Å². The number of hydrogen-bond acceptors (Lipinski definition) is 3. The number of carboxylic acid groups (broad SMARTS) is 1. The first kappa shape index (κ1) is 13.7. The molecule has 0 atom stereocenters. The number of carboxylic acids is 1. The Bertz CT molecular complexity index is 780. The van der Waals surface area contributed by atoms with E-state index in [1.54, 1.807) is 18.2 Å². The van der Waals surface area contributed by atoms with Crippen LogP contribution in [-0.4, -0.2) is 11.1 Å². The third kappa shape index (κ3) is 2.50. The standard InChI is InChI=1S/C16H11BrN2O2/c17-14-3-4-15(12(6-14)7-18)19-8-11-2-1-10(16(20)21)5-13(11)9-19/h1-6H,8-9H2,(H,20,21). The lowest BCUT2D eigenvalue weighted by Gasteiger charge is -2.19. The Kier molecular flexibility index (Phi) is 3.40. The molecular formula is C16H11BrN2O2. The Balaban J connectivity index is 1.95. The van der Waals surface area contributed by atoms with Gasteiger partial charge in [-0.05, 0) is 41.5 Å². The van der Waals surface area contributed by atoms with Gasteiger partial charge in [0.15, 0.2) is 0 Å². The number of hydrogen-bond donors (Lipinski definition) is 1. The van der Waals surface area contributed by atoms with Crippen molar-refractivity contribution in [3.05, 3.63) is 63.1 Å². The summed E-state index contributed by atoms with van der Waals surface area (Å²) in [6.45, 7) is 1.30. The highest BCUT2D eigenvalue weighted by atomic mass is 79.9. The van der Waals surface area contributed by atoms with Crippen molar-refractivity contribution >= 4 is 27.6 Å². The van der Waals surface area contributed by atoms with Gasteiger partial charge in [-0.3, -0.25) is 0 Å². The highest BCUT2D eigenvalue weighted by Crippen LogP contribution is 2.32. The van der Waals surface area contributed by atoms with Crippen molar-refractivity contribution in [1.82, 2.24) is 0 Å². The molecule has 0 bridgehead atoms. The van der Waals surface area contributed by atoms with Crippen molar-refractivity contribution < 1.29 is 9.90 Å². The van der Waals surface area contributed by atoms with Crippen molar-refractivity contribution in [2.24, 2.45) is 0 Å². The molecule has 0 radical (unpaired) electrons. The van der Waals surface area contributed by atoms with Crippen molar-refractivity contribution in [2.75, 3.05) is 4.90 Å². The van der Waals surface area contributed by atoms with Gasteiger partial charge >= 0.3 is 5.97 Å². The first-order valence-electron chi connectivity index (χ1n) is 6.38. The summed E-state index contributed by atoms with van der Waals surface area (Å²) in [6.07, 6.45) is 0. The molecule has 0 spiro atoms. The number of anilines is 1. The number of halogens is 1. The second-order valence-corrected chi connectivity index (χ2v) is 5.83. The monoisotopic (exact) mass is 342 g/mol. The van der Waals surface area contributed by atoms with Crippen molar-refractivity contribution in [1.29, 1.82) is 5.26 Å². The zero-order valence-corrected chi connectivity index (χ0v) is 12.6. The number of carbonyl (C=O) groups is 1. The minimum Gasteiger partial charge on any atom is -0.478 e. The van der Waals surface area contributed by atoms with Crippen LogP contribution in [0.3, 0.4) is 0 Å². The number of aromatic carboxylic acids is 1. The predicted molar refractivity (Wildman–Crippen MR) is 82.1 cm³/mol. The van der Waals surface area contributed by atoms with Crippen LogP contribution in [0, 0.1) is 11.3 Å². The number of nitrogens with zero attached hydrogens (tertiary/aromatic N) is 2. The van der Waals surface area contributed by atoms with E-state index in [-0.39, 0.29) is 0 Å². The van der Waals surface area contributed by atoms with E-state index in [0.717, 1.165) is 21.3 Å². The zero-order chi connectivity index (χ0) is 15.0. The molecule has 0 unspecified atom stereocenters. The van der Waals surface area contributed by atoms with Crippen LogP contribution in [0.15, 0.2) is 40.9 Å². The minimum absolute atomic E-state index is 0.298. The van der Waals surface area contributed by atoms with Crippen LogP contribution in [0.2, 0.25) is 0 Å². The molecule has 1 heterocycles. The van der Waals surface area contributed by atoms with Gasteiger partial charge in [-0.15, -0.1) is 0 Å². The van der Waals surface area contributed by atoms with Gasteiger partial charge in [0.1, 0.15) is 6.07 Å². The quantitative estimate of drug-likeness (QED) is 0.906. The lowest BCUT2D eigenvalue weighted by molar-refractivity contribution is 0.0697. The smallest absolute Gasteiger partial charge is 0.335 e. The normalized spacial score (nSPS) is 12.9. The van der Waals surface area contributed by atoms with E-state index < -0.39 is 5.97 Å². The Morgan fingerprint density at radius 1 is 1.19 bits per heavy atom. The Labute approximate surface area is 130 Å². The van der Waals surface area contributed by atoms with E-state index >= 15 is 0 Å². The van der Waals surface area contributed by atoms with Gasteiger partial charge in [-0.25, -0.2) is 4.79 Å². The van der Waals surface area contributed by atoms with E-state index in [1.807, 2.05) is 18.2 Å². The molecule has 0 fully saturated rings. The van der Waals surface area contributed by atoms with Crippen LogP contribution in [0.5, 0.6) is 0 Å². The number of fused-ring (bicyclic) bond motifs is 1. The van der Waals surface area contributed by atoms with E-state index in [1.165, 1.54) is 0 Å². The molecule has 2 aromatic rings. The SMILES string of the molecule is N#Cc1cc(Br)ccc1N1Cc2ccc(C(=O)O)cc2C1. The fourth-order valence-corrected chi connectivity index (χ4v) is 2.93. The molecule has 1 aliphatic heterocycles. The van der Waals surface area contributed by atoms with Crippen LogP contribution in [0.25, 0.3) is 0 Å². The molecule has 1 N–H and O–H groups in total. The summed E-state index contributed by atoms with van der Waals surface area (Å²) in [5.74, 6) is -0.919. The summed E-state index contributed by atoms with van der Waals surface area (Å²) in [5, 5.41) is 18.3. The third-order valence-electron chi connectivity index (χ3n) is 3.60. The maximum absolute atomic E-state index is 11.0. The molecule has 0 amide bonds. The molecule has 3 rings (SSSR count). The summed E-state index contributed by atoms with van der Waals surface area (Å²) in [6, 6.07) is 13.0. The second kappa shape index (κ2) is 5.23. The molecule has 4 nitrogen and oxygen atoms in total. The maximum atomic E-state index is 11.0. The molecule has 0 saturated carbocycles. The maximum Gasteiger partial charge on any atom is 0.335 e. The largest absolute Gasteiger partial charge is 0.478 e. The van der Waals surface area contributed by atoms with Crippen LogP contribution < -0.4 is 4.90 Å². The van der Waals surface area contributed by atoms with Gasteiger partial charge < -0.3 is 10.0 Å². The minimum atomic E-state index is -0.919. The lowest BCUT2D eigenvalue weighted by atomic mass is 10.1. The summed E-state index contributed by atoms with van der Waals surface area (Å²) < 4.78 is 0.868. The van der Waals surface area contributed by atoms with Crippen LogP contribution in [0.4, 0.5) is 5.69 Å². The Hall–Kier alpha value is -2.32. The second-order valence-electron chi connectivity index (χ2n) is 4.92. The average Bonchev–Trinajstić information content (AvgIpc) is 2.89. The zero-order valence-electron chi connectivity index (χ0n) is 11.0. The first-order valence-corrected chi connectivity index (χ1v) is 7.17. The molecule has 1 aliphatic rings. The molecule has 104 valence electrons. The molecule has 0 aliphatic carbocycles. The fourth-order valence-electron chi connectivity index (χ4n) is 2.57. The molecule has 5 heteroatoms. The Morgan fingerprint density at radius 3 is 2.67 bits per heavy atom. The van der Waals surface area contributed by atoms with Crippen LogP contribution in [-0.2, 0) is 13.1 Å². The lowest BCUT2D eigenvalue weighted by Crippen LogP contribution is -2.15. The van der Waals surface area contributed by atoms with Crippen molar-refractivity contribution in [3.8, 4) is 6.07 Å². The summed E-state index contributed by atoms with van der Waals surface area (Å²) in [4.78, 5) is 13.1. The summed E-state index contributed by atoms with van der Waals surface area (Å²) in [5.41, 5.74) is 3.88. The van der Waals surface area contributed by atoms with Gasteiger partial charge in [0.05, 0.1) is 16.8 Å². The molecule has 0 aromatic heterocycles. The average molecular weight is 343 g/mol. The third-order valence-corrected chi connectivity index (χ3v) is 4.09. The molecule has 21 heavy (non-hydrogen) atoms. The molecule has 0 saturated heterocycles. The van der Waals surface area contributed by atoms with Gasteiger partial charge in [0, 0.05) is 17.6 Å². The van der Waals surface area contributed by atoms with E-state index in [4.69, 9.17) is 5.11 Å². The van der Waals surface area contributed by atoms with Crippen molar-refractivity contribution in [2.45, 2.75) is 13.1 Å². The fraction of sp³-hybridized carbons (Fsp3) is 0.125. The Morgan fingerprint density at radius 2 is 1.95 bits per heavy atom. The van der Waals surface area contributed by atoms with Gasteiger partial charge in [-0.1, -0.05) is 22.0 Å². The summed E-state index contributed by atoms with van der Waals surface area (Å²) in [7, 11) is 0. The van der Waals surface area contributed by atoms with Gasteiger partial charge in [0.2, 0.25) is 0 Å². The van der Waals surface area contributed by atoms with E-state index in [9.17, 15) is 10.1 Å². The predicted octanol–water partition coefficient (Wildman–Crippen LogP) is 3.54. The van der Waals surface area contributed by atoms with E-state index in [0.29, 0.717) is 24.2 Å². The van der Waals surface area contributed by atoms with Crippen LogP contribution >= 0.6 is 15.9 Å². The number of rotatable bonds is 2. The molecular weight excluding hydrogens is 332 g/mol. The highest BCUT2D eigenvalue weighted by Gasteiger charge is 2.22. The highest BCUT2D eigenvalue weighted by molar-refractivity contribution is 9.10. The van der Waals surface area contributed by atoms with E-state index in [2.05, 4.69) is 26.9 Å². The number of nitriles is 1. The summed E-state index contributed by atoms with van der Waals surface area (Å²) >= 11 is 3.36. The van der Waals surface area contributed by atoms with Gasteiger partial charge in [0.25, 0.3) is 0 Å². The molecule has 2 aromatic carbocycles. The first-order chi connectivity index (χ1) is 10.1. The van der Waals surface area contributed by atoms with Crippen LogP contribution in [0.1, 0.15) is 27.0 Å².